The molecule has 0 aliphatic heterocycles. The van der Waals surface area contributed by atoms with E-state index in [4.69, 9.17) is 5.11 Å². The van der Waals surface area contributed by atoms with E-state index in [9.17, 15) is 13.6 Å². The average molecular weight is 389 g/mol. The number of aliphatic carboxylic acids is 1. The molecule has 0 saturated heterocycles. The Morgan fingerprint density at radius 3 is 2.67 bits per heavy atom. The molecule has 1 unspecified atom stereocenters. The molecule has 0 spiro atoms. The Kier molecular flexibility index (Phi) is 9.48. The molecule has 0 aliphatic carbocycles. The number of halogens is 4. The van der Waals surface area contributed by atoms with Gasteiger partial charge in [0.25, 0.3) is 0 Å². The third-order valence-electron chi connectivity index (χ3n) is 2.65. The summed E-state index contributed by atoms with van der Waals surface area (Å²) in [6.07, 6.45) is 1.18. The molecule has 2 N–H and O–H groups in total. The summed E-state index contributed by atoms with van der Waals surface area (Å²) in [6, 6.07) is 3.92. The van der Waals surface area contributed by atoms with E-state index in [1.54, 1.807) is 12.1 Å². The molecule has 0 fully saturated rings. The van der Waals surface area contributed by atoms with E-state index < -0.39 is 18.6 Å². The van der Waals surface area contributed by atoms with Gasteiger partial charge in [-0.15, -0.1) is 12.4 Å². The van der Waals surface area contributed by atoms with Crippen molar-refractivity contribution >= 4 is 34.3 Å². The summed E-state index contributed by atoms with van der Waals surface area (Å²) in [5.41, 5.74) is 0.474. The van der Waals surface area contributed by atoms with Crippen LogP contribution in [0.2, 0.25) is 0 Å². The lowest BCUT2D eigenvalue weighted by Gasteiger charge is -2.16. The molecule has 0 aromatic heterocycles. The van der Waals surface area contributed by atoms with Crippen molar-refractivity contribution < 1.29 is 23.4 Å². The van der Waals surface area contributed by atoms with E-state index in [1.807, 2.05) is 6.92 Å². The van der Waals surface area contributed by atoms with Crippen molar-refractivity contribution in [2.75, 3.05) is 0 Å². The van der Waals surface area contributed by atoms with Gasteiger partial charge in [0.15, 0.2) is 0 Å². The zero-order chi connectivity index (χ0) is 15.1. The number of rotatable bonds is 8. The molecule has 8 heteroatoms. The third-order valence-corrected chi connectivity index (χ3v) is 3.15. The fourth-order valence-electron chi connectivity index (χ4n) is 1.73. The molecule has 1 aromatic rings. The lowest BCUT2D eigenvalue weighted by molar-refractivity contribution is -0.139. The zero-order valence-electron chi connectivity index (χ0n) is 11.3. The Morgan fingerprint density at radius 2 is 2.14 bits per heavy atom. The van der Waals surface area contributed by atoms with Crippen LogP contribution in [0, 0.1) is 0 Å². The largest absolute Gasteiger partial charge is 0.480 e. The van der Waals surface area contributed by atoms with Gasteiger partial charge in [0.2, 0.25) is 0 Å². The van der Waals surface area contributed by atoms with Gasteiger partial charge in [-0.3, -0.25) is 4.79 Å². The van der Waals surface area contributed by atoms with Crippen molar-refractivity contribution in [1.82, 2.24) is 5.32 Å². The molecule has 21 heavy (non-hydrogen) atoms. The van der Waals surface area contributed by atoms with E-state index in [0.29, 0.717) is 22.9 Å². The number of carboxylic acids is 1. The van der Waals surface area contributed by atoms with Crippen LogP contribution < -0.4 is 10.1 Å². The third kappa shape index (κ3) is 7.06. The molecular weight excluding hydrogens is 372 g/mol. The summed E-state index contributed by atoms with van der Waals surface area (Å²) in [6.45, 7) is -0.901. The molecular formula is C13H17BrClF2NO3. The minimum absolute atomic E-state index is 0. The molecule has 1 rings (SSSR count). The first-order valence-electron chi connectivity index (χ1n) is 6.13. The molecule has 0 radical (unpaired) electrons. The number of hydrogen-bond donors (Lipinski definition) is 2. The second-order valence-electron chi connectivity index (χ2n) is 4.19. The standard InChI is InChI=1S/C13H16BrF2NO3.ClH/c1-2-3-10(12(18)19)17-7-8-6-9(14)4-5-11(8)20-13(15)16;/h4-6,10,13,17H,2-3,7H2,1H3,(H,18,19);1H. The second-order valence-corrected chi connectivity index (χ2v) is 5.11. The second kappa shape index (κ2) is 9.92. The van der Waals surface area contributed by atoms with Crippen molar-refractivity contribution in [3.05, 3.63) is 28.2 Å². The van der Waals surface area contributed by atoms with Gasteiger partial charge in [-0.2, -0.15) is 8.78 Å². The number of nitrogens with one attached hydrogen (secondary N) is 1. The van der Waals surface area contributed by atoms with Gasteiger partial charge in [-0.25, -0.2) is 0 Å². The Hall–Kier alpha value is -0.920. The number of alkyl halides is 2. The van der Waals surface area contributed by atoms with Gasteiger partial charge in [0.1, 0.15) is 11.8 Å². The zero-order valence-corrected chi connectivity index (χ0v) is 13.7. The van der Waals surface area contributed by atoms with Crippen LogP contribution in [-0.2, 0) is 11.3 Å². The summed E-state index contributed by atoms with van der Waals surface area (Å²) < 4.78 is 29.7. The minimum atomic E-state index is -2.92. The maximum Gasteiger partial charge on any atom is 0.387 e. The predicted octanol–water partition coefficient (Wildman–Crippen LogP) is 3.82. The summed E-state index contributed by atoms with van der Waals surface area (Å²) in [5.74, 6) is -0.922. The highest BCUT2D eigenvalue weighted by molar-refractivity contribution is 9.10. The van der Waals surface area contributed by atoms with Crippen LogP contribution in [-0.4, -0.2) is 23.7 Å². The lowest BCUT2D eigenvalue weighted by Crippen LogP contribution is -2.36. The van der Waals surface area contributed by atoms with Gasteiger partial charge in [-0.05, 0) is 24.6 Å². The Bertz CT molecular complexity index is 463. The van der Waals surface area contributed by atoms with Crippen LogP contribution in [0.1, 0.15) is 25.3 Å². The Morgan fingerprint density at radius 1 is 1.48 bits per heavy atom. The summed E-state index contributed by atoms with van der Waals surface area (Å²) >= 11 is 3.24. The highest BCUT2D eigenvalue weighted by atomic mass is 79.9. The van der Waals surface area contributed by atoms with E-state index in [2.05, 4.69) is 26.0 Å². The van der Waals surface area contributed by atoms with E-state index in [0.717, 1.165) is 0 Å². The van der Waals surface area contributed by atoms with Crippen LogP contribution in [0.4, 0.5) is 8.78 Å². The quantitative estimate of drug-likeness (QED) is 0.711. The lowest BCUT2D eigenvalue weighted by atomic mass is 10.1. The maximum absolute atomic E-state index is 12.3. The van der Waals surface area contributed by atoms with Crippen LogP contribution in [0.15, 0.2) is 22.7 Å². The van der Waals surface area contributed by atoms with Crippen LogP contribution in [0.25, 0.3) is 0 Å². The number of benzene rings is 1. The van der Waals surface area contributed by atoms with E-state index in [1.165, 1.54) is 6.07 Å². The molecule has 1 atom stereocenters. The van der Waals surface area contributed by atoms with Crippen molar-refractivity contribution in [1.29, 1.82) is 0 Å². The van der Waals surface area contributed by atoms with Crippen molar-refractivity contribution in [3.63, 3.8) is 0 Å². The van der Waals surface area contributed by atoms with Gasteiger partial charge in [0.05, 0.1) is 0 Å². The van der Waals surface area contributed by atoms with Crippen molar-refractivity contribution in [3.8, 4) is 5.75 Å². The maximum atomic E-state index is 12.3. The normalized spacial score (nSPS) is 11.9. The Balaban J connectivity index is 0.00000400. The van der Waals surface area contributed by atoms with Gasteiger partial charge in [0, 0.05) is 16.6 Å². The van der Waals surface area contributed by atoms with Crippen LogP contribution >= 0.6 is 28.3 Å². The van der Waals surface area contributed by atoms with Gasteiger partial charge >= 0.3 is 12.6 Å². The monoisotopic (exact) mass is 387 g/mol. The smallest absolute Gasteiger partial charge is 0.387 e. The van der Waals surface area contributed by atoms with Gasteiger partial charge in [-0.1, -0.05) is 29.3 Å². The van der Waals surface area contributed by atoms with Crippen molar-refractivity contribution in [2.24, 2.45) is 0 Å². The number of ether oxygens (including phenoxy) is 1. The van der Waals surface area contributed by atoms with E-state index >= 15 is 0 Å². The van der Waals surface area contributed by atoms with Crippen molar-refractivity contribution in [2.45, 2.75) is 39.0 Å². The SMILES string of the molecule is CCCC(NCc1cc(Br)ccc1OC(F)F)C(=O)O.Cl. The first-order valence-corrected chi connectivity index (χ1v) is 6.92. The number of carbonyl (C=O) groups is 1. The first kappa shape index (κ1) is 20.1. The van der Waals surface area contributed by atoms with E-state index in [-0.39, 0.29) is 24.7 Å². The topological polar surface area (TPSA) is 58.6 Å². The number of hydrogen-bond acceptors (Lipinski definition) is 3. The highest BCUT2D eigenvalue weighted by Gasteiger charge is 2.17. The molecule has 0 heterocycles. The summed E-state index contributed by atoms with van der Waals surface area (Å²) in [4.78, 5) is 11.0. The summed E-state index contributed by atoms with van der Waals surface area (Å²) in [7, 11) is 0. The molecule has 120 valence electrons. The molecule has 4 nitrogen and oxygen atoms in total. The Labute approximate surface area is 136 Å². The average Bonchev–Trinajstić information content (AvgIpc) is 2.36. The molecule has 0 amide bonds. The molecule has 0 saturated carbocycles. The minimum Gasteiger partial charge on any atom is -0.480 e. The fourth-order valence-corrected chi connectivity index (χ4v) is 2.14. The highest BCUT2D eigenvalue weighted by Crippen LogP contribution is 2.25. The molecule has 0 bridgehead atoms. The molecule has 0 aliphatic rings. The van der Waals surface area contributed by atoms with Crippen LogP contribution in [0.3, 0.4) is 0 Å². The number of carboxylic acid groups (broad SMARTS) is 1. The predicted molar refractivity (Wildman–Crippen MR) is 81.2 cm³/mol. The van der Waals surface area contributed by atoms with Gasteiger partial charge < -0.3 is 15.2 Å². The fraction of sp³-hybridized carbons (Fsp3) is 0.462. The van der Waals surface area contributed by atoms with Crippen LogP contribution in [0.5, 0.6) is 5.75 Å². The summed E-state index contributed by atoms with van der Waals surface area (Å²) in [5, 5.41) is 11.9. The molecule has 1 aromatic carbocycles. The first-order chi connectivity index (χ1) is 9.43.